The lowest BCUT2D eigenvalue weighted by atomic mass is 9.94. The molecule has 1 amide bonds. The van der Waals surface area contributed by atoms with Gasteiger partial charge in [0.05, 0.1) is 10.0 Å². The number of halogens is 2. The van der Waals surface area contributed by atoms with Gasteiger partial charge < -0.3 is 5.32 Å². The van der Waals surface area contributed by atoms with E-state index >= 15 is 0 Å². The van der Waals surface area contributed by atoms with Crippen molar-refractivity contribution in [2.75, 3.05) is 6.54 Å². The number of amides is 1. The van der Waals surface area contributed by atoms with Crippen LogP contribution >= 0.6 is 23.2 Å². The molecule has 0 spiro atoms. The Morgan fingerprint density at radius 2 is 2.12 bits per heavy atom. The van der Waals surface area contributed by atoms with Gasteiger partial charge in [-0.05, 0) is 30.9 Å². The highest BCUT2D eigenvalue weighted by Crippen LogP contribution is 2.28. The number of benzene rings is 1. The molecular weight excluding hydrogens is 257 g/mol. The van der Waals surface area contributed by atoms with Crippen LogP contribution in [0.1, 0.15) is 24.8 Å². The van der Waals surface area contributed by atoms with Crippen molar-refractivity contribution in [1.82, 2.24) is 5.32 Å². The molecule has 0 aliphatic carbocycles. The van der Waals surface area contributed by atoms with Crippen LogP contribution in [0.3, 0.4) is 0 Å². The van der Waals surface area contributed by atoms with Crippen LogP contribution < -0.4 is 5.32 Å². The van der Waals surface area contributed by atoms with E-state index in [0.29, 0.717) is 16.5 Å². The maximum absolute atomic E-state index is 11.8. The average Bonchev–Trinajstić information content (AvgIpc) is 2.51. The molecule has 1 aliphatic rings. The summed E-state index contributed by atoms with van der Waals surface area (Å²) in [6, 6.07) is 5.57. The summed E-state index contributed by atoms with van der Waals surface area (Å²) < 4.78 is 0. The molecule has 1 aromatic carbocycles. The second-order valence-electron chi connectivity index (χ2n) is 4.40. The van der Waals surface area contributed by atoms with Gasteiger partial charge in [-0.2, -0.15) is 0 Å². The average molecular weight is 272 g/mol. The van der Waals surface area contributed by atoms with Gasteiger partial charge >= 0.3 is 0 Å². The molecular formula is C13H15Cl2NO. The first-order valence-corrected chi connectivity index (χ1v) is 6.64. The molecule has 92 valence electrons. The summed E-state index contributed by atoms with van der Waals surface area (Å²) in [5, 5.41) is 4.06. The topological polar surface area (TPSA) is 29.1 Å². The Morgan fingerprint density at radius 1 is 1.29 bits per heavy atom. The van der Waals surface area contributed by atoms with Crippen molar-refractivity contribution in [2.24, 2.45) is 5.92 Å². The zero-order chi connectivity index (χ0) is 12.3. The second kappa shape index (κ2) is 5.74. The Labute approximate surface area is 111 Å². The van der Waals surface area contributed by atoms with Crippen molar-refractivity contribution in [3.05, 3.63) is 33.8 Å². The minimum absolute atomic E-state index is 0.0217. The molecule has 1 heterocycles. The quantitative estimate of drug-likeness (QED) is 0.877. The van der Waals surface area contributed by atoms with E-state index in [1.165, 1.54) is 0 Å². The van der Waals surface area contributed by atoms with Gasteiger partial charge in [0.2, 0.25) is 5.91 Å². The third-order valence-corrected chi connectivity index (χ3v) is 4.01. The summed E-state index contributed by atoms with van der Waals surface area (Å²) in [6.07, 6.45) is 3.74. The van der Waals surface area contributed by atoms with Crippen LogP contribution in [0.2, 0.25) is 10.0 Å². The normalized spacial score (nSPS) is 20.8. The summed E-state index contributed by atoms with van der Waals surface area (Å²) >= 11 is 12.1. The molecule has 0 aromatic heterocycles. The molecule has 1 fully saturated rings. The van der Waals surface area contributed by atoms with Crippen molar-refractivity contribution >= 4 is 29.1 Å². The lowest BCUT2D eigenvalue weighted by Crippen LogP contribution is -2.30. The zero-order valence-corrected chi connectivity index (χ0v) is 11.0. The smallest absolute Gasteiger partial charge is 0.223 e. The number of carbonyl (C=O) groups is 1. The van der Waals surface area contributed by atoms with E-state index in [9.17, 15) is 4.79 Å². The molecule has 0 bridgehead atoms. The van der Waals surface area contributed by atoms with Crippen molar-refractivity contribution in [3.63, 3.8) is 0 Å². The Kier molecular flexibility index (Phi) is 4.30. The summed E-state index contributed by atoms with van der Waals surface area (Å²) in [6.45, 7) is 0.790. The van der Waals surface area contributed by atoms with Gasteiger partial charge in [0.15, 0.2) is 0 Å². The third-order valence-electron chi connectivity index (χ3n) is 3.15. The minimum atomic E-state index is 0.0217. The first-order valence-electron chi connectivity index (χ1n) is 5.89. The number of carbonyl (C=O) groups excluding carboxylic acids is 1. The Balaban J connectivity index is 2.13. The van der Waals surface area contributed by atoms with Crippen LogP contribution in [0.5, 0.6) is 0 Å². The molecule has 2 nitrogen and oxygen atoms in total. The van der Waals surface area contributed by atoms with Gasteiger partial charge in [0.25, 0.3) is 0 Å². The molecule has 0 radical (unpaired) electrons. The third kappa shape index (κ3) is 3.14. The molecule has 4 heteroatoms. The van der Waals surface area contributed by atoms with Gasteiger partial charge in [-0.15, -0.1) is 0 Å². The Hall–Kier alpha value is -0.730. The van der Waals surface area contributed by atoms with E-state index in [1.54, 1.807) is 6.07 Å². The number of nitrogens with one attached hydrogen (secondary N) is 1. The van der Waals surface area contributed by atoms with Gasteiger partial charge in [-0.25, -0.2) is 0 Å². The first-order chi connectivity index (χ1) is 8.18. The predicted molar refractivity (Wildman–Crippen MR) is 70.5 cm³/mol. The van der Waals surface area contributed by atoms with Crippen LogP contribution in [-0.2, 0) is 11.2 Å². The minimum Gasteiger partial charge on any atom is -0.356 e. The summed E-state index contributed by atoms with van der Waals surface area (Å²) in [7, 11) is 0. The largest absolute Gasteiger partial charge is 0.356 e. The molecule has 1 aromatic rings. The molecule has 1 aliphatic heterocycles. The summed E-state index contributed by atoms with van der Waals surface area (Å²) in [5.41, 5.74) is 0.959. The lowest BCUT2D eigenvalue weighted by molar-refractivity contribution is -0.124. The van der Waals surface area contributed by atoms with Crippen molar-refractivity contribution in [2.45, 2.75) is 25.7 Å². The predicted octanol–water partition coefficient (Wildman–Crippen LogP) is 3.45. The highest BCUT2D eigenvalue weighted by atomic mass is 35.5. The molecule has 17 heavy (non-hydrogen) atoms. The van der Waals surface area contributed by atoms with Crippen molar-refractivity contribution in [3.8, 4) is 0 Å². The molecule has 0 saturated carbocycles. The van der Waals surface area contributed by atoms with E-state index in [1.807, 2.05) is 12.1 Å². The van der Waals surface area contributed by atoms with E-state index < -0.39 is 0 Å². The number of hydrogen-bond donors (Lipinski definition) is 1. The van der Waals surface area contributed by atoms with Crippen LogP contribution in [0.4, 0.5) is 0 Å². The van der Waals surface area contributed by atoms with Crippen LogP contribution in [0.15, 0.2) is 18.2 Å². The van der Waals surface area contributed by atoms with Gasteiger partial charge in [0.1, 0.15) is 0 Å². The van der Waals surface area contributed by atoms with Gasteiger partial charge in [0, 0.05) is 12.5 Å². The fourth-order valence-electron chi connectivity index (χ4n) is 2.17. The van der Waals surface area contributed by atoms with E-state index in [2.05, 4.69) is 5.32 Å². The fraction of sp³-hybridized carbons (Fsp3) is 0.462. The van der Waals surface area contributed by atoms with E-state index in [0.717, 1.165) is 31.4 Å². The van der Waals surface area contributed by atoms with Crippen molar-refractivity contribution < 1.29 is 4.79 Å². The fourth-order valence-corrected chi connectivity index (χ4v) is 2.57. The monoisotopic (exact) mass is 271 g/mol. The Bertz CT molecular complexity index is 420. The van der Waals surface area contributed by atoms with Crippen LogP contribution in [-0.4, -0.2) is 12.5 Å². The number of rotatable bonds is 2. The molecule has 2 rings (SSSR count). The Morgan fingerprint density at radius 3 is 2.94 bits per heavy atom. The second-order valence-corrected chi connectivity index (χ2v) is 5.19. The maximum atomic E-state index is 11.8. The van der Waals surface area contributed by atoms with Crippen LogP contribution in [0.25, 0.3) is 0 Å². The van der Waals surface area contributed by atoms with Gasteiger partial charge in [-0.3, -0.25) is 4.79 Å². The van der Waals surface area contributed by atoms with E-state index in [-0.39, 0.29) is 11.8 Å². The molecule has 1 saturated heterocycles. The standard InChI is InChI=1S/C13H15Cl2NO/c14-11-6-3-5-9(12(11)15)8-10-4-1-2-7-16-13(10)17/h3,5-6,10H,1-2,4,7-8H2,(H,16,17). The summed E-state index contributed by atoms with van der Waals surface area (Å²) in [4.78, 5) is 11.8. The number of hydrogen-bond acceptors (Lipinski definition) is 1. The zero-order valence-electron chi connectivity index (χ0n) is 9.51. The maximum Gasteiger partial charge on any atom is 0.223 e. The first kappa shape index (κ1) is 12.7. The summed E-state index contributed by atoms with van der Waals surface area (Å²) in [5.74, 6) is 0.159. The SMILES string of the molecule is O=C1NCCCCC1Cc1cccc(Cl)c1Cl. The molecule has 1 atom stereocenters. The molecule has 1 unspecified atom stereocenters. The lowest BCUT2D eigenvalue weighted by Gasteiger charge is -2.14. The van der Waals surface area contributed by atoms with Gasteiger partial charge in [-0.1, -0.05) is 41.8 Å². The highest BCUT2D eigenvalue weighted by molar-refractivity contribution is 6.42. The van der Waals surface area contributed by atoms with E-state index in [4.69, 9.17) is 23.2 Å². The van der Waals surface area contributed by atoms with Crippen molar-refractivity contribution in [1.29, 1.82) is 0 Å². The molecule has 1 N–H and O–H groups in total. The highest BCUT2D eigenvalue weighted by Gasteiger charge is 2.22. The van der Waals surface area contributed by atoms with Crippen LogP contribution in [0, 0.1) is 5.92 Å².